The maximum absolute atomic E-state index is 12.3. The van der Waals surface area contributed by atoms with Gasteiger partial charge in [-0.2, -0.15) is 5.10 Å². The van der Waals surface area contributed by atoms with Gasteiger partial charge in [-0.05, 0) is 42.6 Å². The minimum atomic E-state index is -0.201. The zero-order valence-electron chi connectivity index (χ0n) is 15.0. The number of carbonyl (C=O) groups excluding carboxylic acids is 1. The van der Waals surface area contributed by atoms with Gasteiger partial charge in [0.2, 0.25) is 0 Å². The number of carbonyl (C=O) groups is 1. The van der Waals surface area contributed by atoms with E-state index in [1.807, 2.05) is 60.2 Å². The zero-order chi connectivity index (χ0) is 18.5. The van der Waals surface area contributed by atoms with E-state index in [1.165, 1.54) is 0 Å². The Kier molecular flexibility index (Phi) is 5.22. The lowest BCUT2D eigenvalue weighted by Crippen LogP contribution is -2.24. The van der Waals surface area contributed by atoms with Gasteiger partial charge in [-0.15, -0.1) is 0 Å². The first kappa shape index (κ1) is 17.5. The predicted octanol–water partition coefficient (Wildman–Crippen LogP) is 3.20. The summed E-state index contributed by atoms with van der Waals surface area (Å²) in [5.41, 5.74) is 5.01. The highest BCUT2D eigenvalue weighted by Crippen LogP contribution is 2.24. The monoisotopic (exact) mass is 351 g/mol. The van der Waals surface area contributed by atoms with Crippen molar-refractivity contribution in [3.05, 3.63) is 60.3 Å². The summed E-state index contributed by atoms with van der Waals surface area (Å²) < 4.78 is 12.5. The molecule has 2 aromatic carbocycles. The SMILES string of the molecule is COc1ccc(OC)c(C(C)=NNC(=O)Cn2ccc3ccccc32)c1. The van der Waals surface area contributed by atoms with Crippen LogP contribution in [0.2, 0.25) is 0 Å². The molecule has 1 heterocycles. The van der Waals surface area contributed by atoms with E-state index in [0.29, 0.717) is 17.2 Å². The van der Waals surface area contributed by atoms with Crippen LogP contribution >= 0.6 is 0 Å². The van der Waals surface area contributed by atoms with E-state index in [2.05, 4.69) is 10.5 Å². The van der Waals surface area contributed by atoms with Crippen LogP contribution in [-0.2, 0) is 11.3 Å². The summed E-state index contributed by atoms with van der Waals surface area (Å²) in [6.07, 6.45) is 1.89. The Morgan fingerprint density at radius 2 is 1.92 bits per heavy atom. The maximum atomic E-state index is 12.3. The van der Waals surface area contributed by atoms with Gasteiger partial charge < -0.3 is 14.0 Å². The second-order valence-electron chi connectivity index (χ2n) is 5.80. The standard InChI is InChI=1S/C20H21N3O3/c1-14(17-12-16(25-2)8-9-19(17)26-3)21-22-20(24)13-23-11-10-15-6-4-5-7-18(15)23/h4-12H,13H2,1-3H3,(H,22,24). The number of hydrogen-bond acceptors (Lipinski definition) is 4. The zero-order valence-corrected chi connectivity index (χ0v) is 15.0. The molecule has 0 atom stereocenters. The van der Waals surface area contributed by atoms with Crippen molar-refractivity contribution in [1.82, 2.24) is 9.99 Å². The lowest BCUT2D eigenvalue weighted by atomic mass is 10.1. The van der Waals surface area contributed by atoms with Crippen molar-refractivity contribution in [3.8, 4) is 11.5 Å². The molecule has 0 fully saturated rings. The van der Waals surface area contributed by atoms with Crippen LogP contribution in [-0.4, -0.2) is 30.4 Å². The normalized spacial score (nSPS) is 11.4. The van der Waals surface area contributed by atoms with Crippen molar-refractivity contribution in [2.45, 2.75) is 13.5 Å². The van der Waals surface area contributed by atoms with E-state index in [9.17, 15) is 4.79 Å². The molecule has 1 aromatic heterocycles. The molecule has 0 unspecified atom stereocenters. The number of amides is 1. The van der Waals surface area contributed by atoms with Crippen molar-refractivity contribution in [1.29, 1.82) is 0 Å². The lowest BCUT2D eigenvalue weighted by Gasteiger charge is -2.10. The Morgan fingerprint density at radius 1 is 1.12 bits per heavy atom. The molecule has 0 bridgehead atoms. The fourth-order valence-corrected chi connectivity index (χ4v) is 2.77. The van der Waals surface area contributed by atoms with E-state index in [-0.39, 0.29) is 12.5 Å². The number of fused-ring (bicyclic) bond motifs is 1. The predicted molar refractivity (Wildman–Crippen MR) is 102 cm³/mol. The molecule has 0 aliphatic carbocycles. The van der Waals surface area contributed by atoms with E-state index < -0.39 is 0 Å². The molecule has 0 aliphatic rings. The summed E-state index contributed by atoms with van der Waals surface area (Å²) >= 11 is 0. The quantitative estimate of drug-likeness (QED) is 0.548. The molecule has 6 nitrogen and oxygen atoms in total. The van der Waals surface area contributed by atoms with Gasteiger partial charge >= 0.3 is 0 Å². The number of benzene rings is 2. The molecule has 0 spiro atoms. The van der Waals surface area contributed by atoms with Crippen LogP contribution in [0.25, 0.3) is 10.9 Å². The van der Waals surface area contributed by atoms with Crippen LogP contribution in [0.3, 0.4) is 0 Å². The number of para-hydroxylation sites is 1. The van der Waals surface area contributed by atoms with E-state index in [0.717, 1.165) is 16.5 Å². The maximum Gasteiger partial charge on any atom is 0.259 e. The summed E-state index contributed by atoms with van der Waals surface area (Å²) in [7, 11) is 3.19. The Labute approximate surface area is 152 Å². The summed E-state index contributed by atoms with van der Waals surface area (Å²) in [5, 5.41) is 5.31. The Morgan fingerprint density at radius 3 is 2.69 bits per heavy atom. The molecule has 6 heteroatoms. The third-order valence-electron chi connectivity index (χ3n) is 4.14. The summed E-state index contributed by atoms with van der Waals surface area (Å²) in [6, 6.07) is 15.4. The second-order valence-corrected chi connectivity index (χ2v) is 5.80. The van der Waals surface area contributed by atoms with Crippen molar-refractivity contribution in [2.24, 2.45) is 5.10 Å². The molecule has 26 heavy (non-hydrogen) atoms. The van der Waals surface area contributed by atoms with Gasteiger partial charge in [-0.3, -0.25) is 4.79 Å². The van der Waals surface area contributed by atoms with Gasteiger partial charge in [-0.1, -0.05) is 18.2 Å². The molecule has 134 valence electrons. The van der Waals surface area contributed by atoms with Crippen LogP contribution < -0.4 is 14.9 Å². The van der Waals surface area contributed by atoms with Crippen LogP contribution in [0, 0.1) is 0 Å². The molecule has 3 aromatic rings. The van der Waals surface area contributed by atoms with Gasteiger partial charge in [0.15, 0.2) is 0 Å². The van der Waals surface area contributed by atoms with Crippen LogP contribution in [0.15, 0.2) is 59.8 Å². The van der Waals surface area contributed by atoms with Crippen LogP contribution in [0.4, 0.5) is 0 Å². The Bertz CT molecular complexity index is 960. The molecule has 1 amide bonds. The van der Waals surface area contributed by atoms with Gasteiger partial charge in [-0.25, -0.2) is 5.43 Å². The number of ether oxygens (including phenoxy) is 2. The number of methoxy groups -OCH3 is 2. The number of nitrogens with zero attached hydrogens (tertiary/aromatic N) is 2. The highest BCUT2D eigenvalue weighted by Gasteiger charge is 2.10. The number of nitrogens with one attached hydrogen (secondary N) is 1. The smallest absolute Gasteiger partial charge is 0.259 e. The molecular formula is C20H21N3O3. The first-order chi connectivity index (χ1) is 12.6. The second kappa shape index (κ2) is 7.74. The average Bonchev–Trinajstić information content (AvgIpc) is 3.08. The van der Waals surface area contributed by atoms with E-state index >= 15 is 0 Å². The molecule has 3 rings (SSSR count). The first-order valence-electron chi connectivity index (χ1n) is 8.22. The molecule has 0 radical (unpaired) electrons. The third-order valence-corrected chi connectivity index (χ3v) is 4.14. The largest absolute Gasteiger partial charge is 0.497 e. The minimum absolute atomic E-state index is 0.194. The Balaban J connectivity index is 1.73. The fraction of sp³-hybridized carbons (Fsp3) is 0.200. The van der Waals surface area contributed by atoms with Gasteiger partial charge in [0, 0.05) is 17.3 Å². The van der Waals surface area contributed by atoms with Gasteiger partial charge in [0.05, 0.1) is 19.9 Å². The van der Waals surface area contributed by atoms with Crippen LogP contribution in [0.1, 0.15) is 12.5 Å². The number of hydrazone groups is 1. The molecular weight excluding hydrogens is 330 g/mol. The molecule has 0 saturated heterocycles. The highest BCUT2D eigenvalue weighted by atomic mass is 16.5. The summed E-state index contributed by atoms with van der Waals surface area (Å²) in [6.45, 7) is 2.00. The molecule has 1 N–H and O–H groups in total. The topological polar surface area (TPSA) is 64.8 Å². The highest BCUT2D eigenvalue weighted by molar-refractivity contribution is 6.02. The number of hydrogen-bond donors (Lipinski definition) is 1. The average molecular weight is 351 g/mol. The number of rotatable bonds is 6. The first-order valence-corrected chi connectivity index (χ1v) is 8.22. The van der Waals surface area contributed by atoms with Crippen molar-refractivity contribution >= 4 is 22.5 Å². The van der Waals surface area contributed by atoms with Crippen molar-refractivity contribution < 1.29 is 14.3 Å². The van der Waals surface area contributed by atoms with Gasteiger partial charge in [0.25, 0.3) is 5.91 Å². The van der Waals surface area contributed by atoms with Crippen molar-refractivity contribution in [2.75, 3.05) is 14.2 Å². The molecule has 0 aliphatic heterocycles. The summed E-state index contributed by atoms with van der Waals surface area (Å²) in [4.78, 5) is 12.3. The van der Waals surface area contributed by atoms with E-state index in [1.54, 1.807) is 20.3 Å². The van der Waals surface area contributed by atoms with Crippen molar-refractivity contribution in [3.63, 3.8) is 0 Å². The number of aromatic nitrogens is 1. The fourth-order valence-electron chi connectivity index (χ4n) is 2.77. The lowest BCUT2D eigenvalue weighted by molar-refractivity contribution is -0.121. The summed E-state index contributed by atoms with van der Waals surface area (Å²) in [5.74, 6) is 1.16. The van der Waals surface area contributed by atoms with Crippen LogP contribution in [0.5, 0.6) is 11.5 Å². The Hall–Kier alpha value is -3.28. The minimum Gasteiger partial charge on any atom is -0.497 e. The molecule has 0 saturated carbocycles. The third kappa shape index (κ3) is 3.69. The van der Waals surface area contributed by atoms with E-state index in [4.69, 9.17) is 9.47 Å². The van der Waals surface area contributed by atoms with Gasteiger partial charge in [0.1, 0.15) is 18.0 Å².